The molecule has 1 nitrogen and oxygen atoms in total. The normalized spacial score (nSPS) is 12.4. The average Bonchev–Trinajstić information content (AvgIpc) is 2.94. The van der Waals surface area contributed by atoms with E-state index in [1.54, 1.807) is 23.5 Å². The van der Waals surface area contributed by atoms with Crippen molar-refractivity contribution in [3.8, 4) is 5.75 Å². The van der Waals surface area contributed by atoms with Crippen molar-refractivity contribution in [3.05, 3.63) is 65.1 Å². The van der Waals surface area contributed by atoms with E-state index in [-0.39, 0.29) is 5.75 Å². The van der Waals surface area contributed by atoms with E-state index < -0.39 is 6.61 Å². The molecule has 2 aromatic rings. The van der Waals surface area contributed by atoms with Crippen molar-refractivity contribution in [2.45, 2.75) is 46.1 Å². The molecule has 134 valence electrons. The molecule has 0 unspecified atom stereocenters. The first-order valence-electron chi connectivity index (χ1n) is 8.48. The fourth-order valence-electron chi connectivity index (χ4n) is 2.60. The maximum absolute atomic E-state index is 12.3. The zero-order chi connectivity index (χ0) is 18.2. The predicted octanol–water partition coefficient (Wildman–Crippen LogP) is 7.29. The highest BCUT2D eigenvalue weighted by atomic mass is 32.1. The standard InChI is InChI=1S/C21H24F2OS/c1-4-5-7-15(2)12-16(3)8-6-9-19-13-17-10-11-18(24-21(22)23)14-20(17)25-19/h5,7,10-14,21H,3-4,6,8-9H2,1-2H3/b7-5-,15-12-. The summed E-state index contributed by atoms with van der Waals surface area (Å²) in [6.45, 7) is 5.54. The molecule has 0 radical (unpaired) electrons. The van der Waals surface area contributed by atoms with Crippen LogP contribution in [0.4, 0.5) is 8.78 Å². The van der Waals surface area contributed by atoms with Crippen LogP contribution < -0.4 is 4.74 Å². The lowest BCUT2D eigenvalue weighted by Crippen LogP contribution is -2.01. The van der Waals surface area contributed by atoms with E-state index in [0.29, 0.717) is 0 Å². The maximum atomic E-state index is 12.3. The molecule has 4 heteroatoms. The summed E-state index contributed by atoms with van der Waals surface area (Å²) in [4.78, 5) is 1.25. The van der Waals surface area contributed by atoms with Crippen LogP contribution in [-0.4, -0.2) is 6.61 Å². The van der Waals surface area contributed by atoms with Crippen LogP contribution in [0.5, 0.6) is 5.75 Å². The van der Waals surface area contributed by atoms with E-state index in [4.69, 9.17) is 0 Å². The summed E-state index contributed by atoms with van der Waals surface area (Å²) in [5, 5.41) is 1.07. The third kappa shape index (κ3) is 6.46. The van der Waals surface area contributed by atoms with Gasteiger partial charge in [0.2, 0.25) is 0 Å². The molecule has 0 fully saturated rings. The molecule has 0 N–H and O–H groups in total. The van der Waals surface area contributed by atoms with Gasteiger partial charge in [-0.15, -0.1) is 11.3 Å². The van der Waals surface area contributed by atoms with Crippen molar-refractivity contribution in [2.75, 3.05) is 0 Å². The second-order valence-corrected chi connectivity index (χ2v) is 7.17. The number of alkyl halides is 2. The van der Waals surface area contributed by atoms with Gasteiger partial charge in [0.1, 0.15) is 5.75 Å². The first kappa shape index (κ1) is 19.4. The smallest absolute Gasteiger partial charge is 0.387 e. The number of aryl methyl sites for hydroxylation is 1. The summed E-state index contributed by atoms with van der Waals surface area (Å²) in [5.74, 6) is 0.213. The number of allylic oxidation sites excluding steroid dienone is 5. The van der Waals surface area contributed by atoms with Crippen LogP contribution >= 0.6 is 11.3 Å². The molecule has 0 saturated heterocycles. The highest BCUT2D eigenvalue weighted by Gasteiger charge is 2.07. The van der Waals surface area contributed by atoms with Crippen molar-refractivity contribution in [2.24, 2.45) is 0 Å². The van der Waals surface area contributed by atoms with Gasteiger partial charge >= 0.3 is 6.61 Å². The Balaban J connectivity index is 1.90. The highest BCUT2D eigenvalue weighted by molar-refractivity contribution is 7.19. The highest BCUT2D eigenvalue weighted by Crippen LogP contribution is 2.30. The maximum Gasteiger partial charge on any atom is 0.387 e. The summed E-state index contributed by atoms with van der Waals surface area (Å²) in [6, 6.07) is 7.23. The Kier molecular flexibility index (Phi) is 7.38. The van der Waals surface area contributed by atoms with Gasteiger partial charge in [-0.25, -0.2) is 0 Å². The van der Waals surface area contributed by atoms with Gasteiger partial charge in [-0.05, 0) is 62.3 Å². The molecular formula is C21H24F2OS. The first-order chi connectivity index (χ1) is 12.0. The lowest BCUT2D eigenvalue weighted by molar-refractivity contribution is -0.0497. The molecule has 25 heavy (non-hydrogen) atoms. The summed E-state index contributed by atoms with van der Waals surface area (Å²) in [5.41, 5.74) is 2.35. The Bertz CT molecular complexity index is 771. The minimum Gasteiger partial charge on any atom is -0.435 e. The molecule has 0 amide bonds. The second kappa shape index (κ2) is 9.52. The molecule has 2 rings (SSSR count). The van der Waals surface area contributed by atoms with Crippen LogP contribution in [0, 0.1) is 0 Å². The molecule has 0 aliphatic carbocycles. The van der Waals surface area contributed by atoms with Crippen LogP contribution in [0.15, 0.2) is 60.2 Å². The second-order valence-electron chi connectivity index (χ2n) is 6.00. The quantitative estimate of drug-likeness (QED) is 0.425. The summed E-state index contributed by atoms with van der Waals surface area (Å²) < 4.78 is 30.0. The number of ether oxygens (including phenoxy) is 1. The van der Waals surface area contributed by atoms with Gasteiger partial charge in [-0.1, -0.05) is 42.9 Å². The number of fused-ring (bicyclic) bond motifs is 1. The van der Waals surface area contributed by atoms with Crippen molar-refractivity contribution in [1.29, 1.82) is 0 Å². The number of hydrogen-bond donors (Lipinski definition) is 0. The van der Waals surface area contributed by atoms with Gasteiger partial charge in [0.25, 0.3) is 0 Å². The van der Waals surface area contributed by atoms with Crippen LogP contribution in [0.25, 0.3) is 10.1 Å². The van der Waals surface area contributed by atoms with Gasteiger partial charge in [0, 0.05) is 9.58 Å². The van der Waals surface area contributed by atoms with E-state index in [0.717, 1.165) is 41.3 Å². The van der Waals surface area contributed by atoms with Gasteiger partial charge in [-0.3, -0.25) is 0 Å². The zero-order valence-corrected chi connectivity index (χ0v) is 15.5. The number of benzene rings is 1. The number of hydrogen-bond acceptors (Lipinski definition) is 2. The molecule has 0 aliphatic heterocycles. The number of halogens is 2. The SMILES string of the molecule is C=C(/C=C(C)\C=C/CC)CCCc1cc2ccc(OC(F)F)cc2s1. The fraction of sp³-hybridized carbons (Fsp3) is 0.333. The van der Waals surface area contributed by atoms with Crippen molar-refractivity contribution in [1.82, 2.24) is 0 Å². The monoisotopic (exact) mass is 362 g/mol. The fourth-order valence-corrected chi connectivity index (χ4v) is 3.74. The van der Waals surface area contributed by atoms with Gasteiger partial charge in [0.05, 0.1) is 0 Å². The lowest BCUT2D eigenvalue weighted by Gasteiger charge is -2.03. The molecule has 0 aliphatic rings. The summed E-state index contributed by atoms with van der Waals surface area (Å²) in [7, 11) is 0. The Morgan fingerprint density at radius 2 is 2.12 bits per heavy atom. The van der Waals surface area contributed by atoms with Crippen LogP contribution in [0.1, 0.15) is 38.0 Å². The largest absolute Gasteiger partial charge is 0.435 e. The van der Waals surface area contributed by atoms with Crippen molar-refractivity contribution < 1.29 is 13.5 Å². The van der Waals surface area contributed by atoms with E-state index in [1.807, 2.05) is 6.07 Å². The van der Waals surface area contributed by atoms with E-state index in [1.165, 1.54) is 10.5 Å². The van der Waals surface area contributed by atoms with E-state index in [9.17, 15) is 8.78 Å². The summed E-state index contributed by atoms with van der Waals surface area (Å²) >= 11 is 1.63. The van der Waals surface area contributed by atoms with Crippen molar-refractivity contribution in [3.63, 3.8) is 0 Å². The molecule has 0 spiro atoms. The first-order valence-corrected chi connectivity index (χ1v) is 9.29. The molecule has 0 atom stereocenters. The van der Waals surface area contributed by atoms with Crippen LogP contribution in [0.2, 0.25) is 0 Å². The molecule has 1 heterocycles. The van der Waals surface area contributed by atoms with Gasteiger partial charge in [0.15, 0.2) is 0 Å². The van der Waals surface area contributed by atoms with Gasteiger partial charge in [-0.2, -0.15) is 8.78 Å². The number of thiophene rings is 1. The Morgan fingerprint density at radius 3 is 2.84 bits per heavy atom. The Morgan fingerprint density at radius 1 is 1.32 bits per heavy atom. The third-order valence-electron chi connectivity index (χ3n) is 3.74. The van der Waals surface area contributed by atoms with Crippen LogP contribution in [-0.2, 0) is 6.42 Å². The predicted molar refractivity (Wildman–Crippen MR) is 104 cm³/mol. The molecular weight excluding hydrogens is 338 g/mol. The Labute approximate surface area is 152 Å². The van der Waals surface area contributed by atoms with Gasteiger partial charge < -0.3 is 4.74 Å². The summed E-state index contributed by atoms with van der Waals surface area (Å²) in [6.07, 6.45) is 10.4. The molecule has 0 bridgehead atoms. The Hall–Kier alpha value is -1.94. The van der Waals surface area contributed by atoms with E-state index >= 15 is 0 Å². The van der Waals surface area contributed by atoms with Crippen LogP contribution in [0.3, 0.4) is 0 Å². The third-order valence-corrected chi connectivity index (χ3v) is 4.89. The molecule has 1 aromatic carbocycles. The topological polar surface area (TPSA) is 9.23 Å². The minimum absolute atomic E-state index is 0.213. The zero-order valence-electron chi connectivity index (χ0n) is 14.7. The minimum atomic E-state index is -2.79. The van der Waals surface area contributed by atoms with E-state index in [2.05, 4.69) is 49.5 Å². The number of rotatable bonds is 9. The lowest BCUT2D eigenvalue weighted by atomic mass is 10.1. The average molecular weight is 362 g/mol. The molecule has 1 aromatic heterocycles. The van der Waals surface area contributed by atoms with Crippen molar-refractivity contribution >= 4 is 21.4 Å². The molecule has 0 saturated carbocycles.